The van der Waals surface area contributed by atoms with E-state index in [0.29, 0.717) is 25.3 Å². The highest BCUT2D eigenvalue weighted by Crippen LogP contribution is 2.27. The lowest BCUT2D eigenvalue weighted by Gasteiger charge is -2.35. The maximum absolute atomic E-state index is 12.4. The summed E-state index contributed by atoms with van der Waals surface area (Å²) in [6, 6.07) is 15.9. The number of aryl methyl sites for hydroxylation is 1. The van der Waals surface area contributed by atoms with Crippen LogP contribution in [0.5, 0.6) is 17.5 Å². The molecule has 2 aliphatic rings. The van der Waals surface area contributed by atoms with Crippen LogP contribution in [0.4, 0.5) is 24.8 Å². The predicted octanol–water partition coefficient (Wildman–Crippen LogP) is 4.79. The minimum atomic E-state index is -4.70. The van der Waals surface area contributed by atoms with E-state index in [1.54, 1.807) is 16.7 Å². The van der Waals surface area contributed by atoms with Crippen LogP contribution in [-0.4, -0.2) is 69.6 Å². The SMILES string of the molecule is O=[N+]([O-])c1cn2c(n1)OC(COc1ccc3nc(N4CCN(Cc5ccc(OC(F)(F)F)cc5)CC4)ccc3c1)CC2. The molecule has 0 bridgehead atoms. The van der Waals surface area contributed by atoms with Crippen LogP contribution in [-0.2, 0) is 13.1 Å². The van der Waals surface area contributed by atoms with Gasteiger partial charge < -0.3 is 29.2 Å². The van der Waals surface area contributed by atoms with E-state index in [2.05, 4.69) is 19.5 Å². The van der Waals surface area contributed by atoms with Gasteiger partial charge in [0.25, 0.3) is 0 Å². The molecule has 11 nitrogen and oxygen atoms in total. The second-order valence-corrected chi connectivity index (χ2v) is 10.2. The van der Waals surface area contributed by atoms with Crippen LogP contribution in [0.15, 0.2) is 60.8 Å². The molecule has 0 radical (unpaired) electrons. The van der Waals surface area contributed by atoms with Crippen molar-refractivity contribution in [1.82, 2.24) is 19.4 Å². The first kappa shape index (κ1) is 27.6. The van der Waals surface area contributed by atoms with E-state index in [4.69, 9.17) is 14.5 Å². The minimum Gasteiger partial charge on any atom is -0.490 e. The molecule has 1 unspecified atom stereocenters. The van der Waals surface area contributed by atoms with E-state index in [1.165, 1.54) is 18.3 Å². The van der Waals surface area contributed by atoms with Crippen molar-refractivity contribution in [2.24, 2.45) is 0 Å². The van der Waals surface area contributed by atoms with Gasteiger partial charge in [0.1, 0.15) is 36.2 Å². The number of halogens is 3. The Hall–Kier alpha value is -4.59. The van der Waals surface area contributed by atoms with Gasteiger partial charge in [-0.15, -0.1) is 13.2 Å². The molecule has 220 valence electrons. The Morgan fingerprint density at radius 1 is 0.976 bits per heavy atom. The van der Waals surface area contributed by atoms with Crippen LogP contribution < -0.4 is 19.1 Å². The molecule has 0 spiro atoms. The molecule has 6 rings (SSSR count). The summed E-state index contributed by atoms with van der Waals surface area (Å²) in [6.07, 6.45) is -2.94. The van der Waals surface area contributed by atoms with E-state index >= 15 is 0 Å². The van der Waals surface area contributed by atoms with Crippen LogP contribution in [0.25, 0.3) is 10.9 Å². The van der Waals surface area contributed by atoms with Gasteiger partial charge in [-0.25, -0.2) is 4.98 Å². The van der Waals surface area contributed by atoms with Gasteiger partial charge in [0.05, 0.1) is 5.52 Å². The van der Waals surface area contributed by atoms with E-state index in [9.17, 15) is 23.3 Å². The molecule has 0 amide bonds. The van der Waals surface area contributed by atoms with Crippen molar-refractivity contribution in [3.63, 3.8) is 0 Å². The highest BCUT2D eigenvalue weighted by molar-refractivity contribution is 5.81. The number of anilines is 1. The van der Waals surface area contributed by atoms with Crippen LogP contribution in [0, 0.1) is 10.1 Å². The number of aromatic nitrogens is 3. The Balaban J connectivity index is 1.00. The Kier molecular flexibility index (Phi) is 7.45. The predicted molar refractivity (Wildman–Crippen MR) is 146 cm³/mol. The quantitative estimate of drug-likeness (QED) is 0.213. The highest BCUT2D eigenvalue weighted by Gasteiger charge is 2.31. The van der Waals surface area contributed by atoms with E-state index < -0.39 is 11.3 Å². The number of rotatable bonds is 8. The molecule has 1 fully saturated rings. The third-order valence-corrected chi connectivity index (χ3v) is 7.22. The standard InChI is InChI=1S/C28H27F3N6O5/c29-28(30,31)42-21-4-1-19(2-5-21)16-34-11-13-35(14-12-34)25-8-3-20-15-22(6-7-24(20)32-25)40-18-23-9-10-36-17-26(37(38)39)33-27(36)41-23/h1-8,15,17,23H,9-14,16,18H2. The number of nitrogens with zero attached hydrogens (tertiary/aromatic N) is 6. The molecule has 2 aliphatic heterocycles. The van der Waals surface area contributed by atoms with E-state index in [-0.39, 0.29) is 30.3 Å². The fourth-order valence-electron chi connectivity index (χ4n) is 5.07. The van der Waals surface area contributed by atoms with Crippen molar-refractivity contribution in [3.05, 3.63) is 76.5 Å². The Morgan fingerprint density at radius 3 is 2.48 bits per heavy atom. The number of fused-ring (bicyclic) bond motifs is 2. The number of hydrogen-bond donors (Lipinski definition) is 0. The average Bonchev–Trinajstić information content (AvgIpc) is 3.41. The summed E-state index contributed by atoms with van der Waals surface area (Å²) in [7, 11) is 0. The Labute approximate surface area is 238 Å². The molecule has 0 aliphatic carbocycles. The topological polar surface area (TPSA) is 108 Å². The maximum atomic E-state index is 12.4. The summed E-state index contributed by atoms with van der Waals surface area (Å²) in [6.45, 7) is 4.64. The Bertz CT molecular complexity index is 1570. The summed E-state index contributed by atoms with van der Waals surface area (Å²) in [5.41, 5.74) is 1.76. The summed E-state index contributed by atoms with van der Waals surface area (Å²) in [5.74, 6) is 1.10. The number of benzene rings is 2. The number of alkyl halides is 3. The van der Waals surface area contributed by atoms with E-state index in [1.807, 2.05) is 30.3 Å². The molecule has 0 N–H and O–H groups in total. The van der Waals surface area contributed by atoms with Gasteiger partial charge in [0.15, 0.2) is 0 Å². The van der Waals surface area contributed by atoms with Crippen molar-refractivity contribution in [3.8, 4) is 17.5 Å². The van der Waals surface area contributed by atoms with Crippen molar-refractivity contribution in [2.75, 3.05) is 37.7 Å². The van der Waals surface area contributed by atoms with Gasteiger partial charge in [0, 0.05) is 56.1 Å². The number of hydrogen-bond acceptors (Lipinski definition) is 9. The first-order valence-electron chi connectivity index (χ1n) is 13.4. The van der Waals surface area contributed by atoms with E-state index in [0.717, 1.165) is 48.5 Å². The smallest absolute Gasteiger partial charge is 0.490 e. The molecule has 0 saturated carbocycles. The lowest BCUT2D eigenvalue weighted by molar-refractivity contribution is -0.389. The molecule has 4 heterocycles. The summed E-state index contributed by atoms with van der Waals surface area (Å²) in [4.78, 5) is 23.6. The summed E-state index contributed by atoms with van der Waals surface area (Å²) >= 11 is 0. The zero-order valence-corrected chi connectivity index (χ0v) is 22.4. The van der Waals surface area contributed by atoms with Crippen LogP contribution in [0.3, 0.4) is 0 Å². The minimum absolute atomic E-state index is 0.223. The maximum Gasteiger partial charge on any atom is 0.573 e. The molecule has 2 aromatic heterocycles. The zero-order chi connectivity index (χ0) is 29.3. The second kappa shape index (κ2) is 11.4. The van der Waals surface area contributed by atoms with Crippen LogP contribution in [0.1, 0.15) is 12.0 Å². The normalized spacial score (nSPS) is 17.5. The molecular weight excluding hydrogens is 557 g/mol. The molecule has 2 aromatic carbocycles. The van der Waals surface area contributed by atoms with Gasteiger partial charge in [-0.05, 0) is 53.0 Å². The number of nitro groups is 1. The summed E-state index contributed by atoms with van der Waals surface area (Å²) in [5, 5.41) is 11.9. The molecule has 42 heavy (non-hydrogen) atoms. The largest absolute Gasteiger partial charge is 0.573 e. The highest BCUT2D eigenvalue weighted by atomic mass is 19.4. The van der Waals surface area contributed by atoms with Gasteiger partial charge in [-0.1, -0.05) is 12.1 Å². The average molecular weight is 585 g/mol. The third kappa shape index (κ3) is 6.48. The van der Waals surface area contributed by atoms with Crippen molar-refractivity contribution < 1.29 is 32.3 Å². The first-order valence-corrected chi connectivity index (χ1v) is 13.4. The molecular formula is C28H27F3N6O5. The Morgan fingerprint density at radius 2 is 1.74 bits per heavy atom. The van der Waals surface area contributed by atoms with Crippen molar-refractivity contribution in [2.45, 2.75) is 32.0 Å². The van der Waals surface area contributed by atoms with Gasteiger partial charge in [0.2, 0.25) is 0 Å². The van der Waals surface area contributed by atoms with Crippen LogP contribution in [0.2, 0.25) is 0 Å². The van der Waals surface area contributed by atoms with Crippen molar-refractivity contribution in [1.29, 1.82) is 0 Å². The lowest BCUT2D eigenvalue weighted by Crippen LogP contribution is -2.46. The number of piperazine rings is 1. The third-order valence-electron chi connectivity index (χ3n) is 7.22. The van der Waals surface area contributed by atoms with Gasteiger partial charge in [-0.3, -0.25) is 9.47 Å². The summed E-state index contributed by atoms with van der Waals surface area (Å²) < 4.78 is 54.4. The van der Waals surface area contributed by atoms with Crippen LogP contribution >= 0.6 is 0 Å². The zero-order valence-electron chi connectivity index (χ0n) is 22.4. The molecule has 4 aromatic rings. The van der Waals surface area contributed by atoms with Gasteiger partial charge >= 0.3 is 18.2 Å². The second-order valence-electron chi connectivity index (χ2n) is 10.2. The first-order chi connectivity index (χ1) is 20.2. The fourth-order valence-corrected chi connectivity index (χ4v) is 5.07. The van der Waals surface area contributed by atoms with Crippen molar-refractivity contribution >= 4 is 22.5 Å². The molecule has 14 heteroatoms. The van der Waals surface area contributed by atoms with Gasteiger partial charge in [-0.2, -0.15) is 0 Å². The molecule has 1 atom stereocenters. The number of ether oxygens (including phenoxy) is 3. The fraction of sp³-hybridized carbons (Fsp3) is 0.357. The number of imidazole rings is 1. The monoisotopic (exact) mass is 584 g/mol. The molecule has 1 saturated heterocycles. The number of pyridine rings is 1. The lowest BCUT2D eigenvalue weighted by atomic mass is 10.2.